The molecule has 0 amide bonds. The highest BCUT2D eigenvalue weighted by molar-refractivity contribution is 6.39. The molecule has 0 spiro atoms. The standard InChI is InChI=1S/C16H8Cl3NO/c17-9-6-11(18)16-12(7-9)20-15-13(21-16)5-8-3-1-2-4-10(8)14(15)19/h1-7,20H. The number of benzene rings is 3. The van der Waals surface area contributed by atoms with Crippen molar-refractivity contribution in [2.75, 3.05) is 5.32 Å². The van der Waals surface area contributed by atoms with Gasteiger partial charge in [-0.2, -0.15) is 0 Å². The van der Waals surface area contributed by atoms with Crippen molar-refractivity contribution in [3.63, 3.8) is 0 Å². The third kappa shape index (κ3) is 2.03. The van der Waals surface area contributed by atoms with Gasteiger partial charge < -0.3 is 10.1 Å². The predicted octanol–water partition coefficient (Wildman–Crippen LogP) is 6.65. The molecule has 0 saturated heterocycles. The zero-order valence-corrected chi connectivity index (χ0v) is 12.9. The van der Waals surface area contributed by atoms with Crippen LogP contribution in [0.25, 0.3) is 10.8 Å². The predicted molar refractivity (Wildman–Crippen MR) is 88.8 cm³/mol. The zero-order chi connectivity index (χ0) is 14.6. The average Bonchev–Trinajstić information content (AvgIpc) is 2.47. The first kappa shape index (κ1) is 13.1. The summed E-state index contributed by atoms with van der Waals surface area (Å²) >= 11 is 18.7. The summed E-state index contributed by atoms with van der Waals surface area (Å²) in [5, 5.41) is 6.84. The molecule has 1 N–H and O–H groups in total. The Morgan fingerprint density at radius 1 is 0.952 bits per heavy atom. The minimum atomic E-state index is 0.458. The number of nitrogens with one attached hydrogen (secondary N) is 1. The van der Waals surface area contributed by atoms with E-state index in [0.717, 1.165) is 16.5 Å². The van der Waals surface area contributed by atoms with Crippen LogP contribution >= 0.6 is 34.8 Å². The molecular weight excluding hydrogens is 329 g/mol. The quantitative estimate of drug-likeness (QED) is 0.388. The van der Waals surface area contributed by atoms with Gasteiger partial charge in [0, 0.05) is 10.4 Å². The highest BCUT2D eigenvalue weighted by Crippen LogP contribution is 2.50. The number of rotatable bonds is 0. The van der Waals surface area contributed by atoms with Crippen LogP contribution in [0, 0.1) is 0 Å². The molecule has 0 radical (unpaired) electrons. The smallest absolute Gasteiger partial charge is 0.169 e. The maximum absolute atomic E-state index is 6.50. The summed E-state index contributed by atoms with van der Waals surface area (Å²) in [6, 6.07) is 13.2. The second-order valence-corrected chi connectivity index (χ2v) is 6.00. The lowest BCUT2D eigenvalue weighted by Gasteiger charge is -2.24. The van der Waals surface area contributed by atoms with Crippen molar-refractivity contribution < 1.29 is 4.74 Å². The molecule has 0 aliphatic carbocycles. The van der Waals surface area contributed by atoms with Crippen LogP contribution in [0.2, 0.25) is 15.1 Å². The normalized spacial score (nSPS) is 12.3. The summed E-state index contributed by atoms with van der Waals surface area (Å²) in [5.41, 5.74) is 1.43. The Morgan fingerprint density at radius 2 is 1.76 bits per heavy atom. The summed E-state index contributed by atoms with van der Waals surface area (Å²) in [6.45, 7) is 0. The molecular formula is C16H8Cl3NO. The molecule has 3 aromatic rings. The second kappa shape index (κ2) is 4.70. The van der Waals surface area contributed by atoms with Crippen molar-refractivity contribution in [2.45, 2.75) is 0 Å². The van der Waals surface area contributed by atoms with Crippen LogP contribution in [-0.4, -0.2) is 0 Å². The first-order valence-electron chi connectivity index (χ1n) is 6.28. The van der Waals surface area contributed by atoms with E-state index in [2.05, 4.69) is 5.32 Å². The van der Waals surface area contributed by atoms with Crippen molar-refractivity contribution >= 4 is 57.0 Å². The van der Waals surface area contributed by atoms with Gasteiger partial charge in [0.15, 0.2) is 11.5 Å². The number of halogens is 3. The van der Waals surface area contributed by atoms with Crippen LogP contribution in [0.5, 0.6) is 11.5 Å². The van der Waals surface area contributed by atoms with Gasteiger partial charge in [-0.1, -0.05) is 59.1 Å². The fourth-order valence-electron chi connectivity index (χ4n) is 2.48. The maximum atomic E-state index is 6.50. The molecule has 1 aliphatic heterocycles. The third-order valence-corrected chi connectivity index (χ3v) is 4.32. The van der Waals surface area contributed by atoms with Gasteiger partial charge in [-0.25, -0.2) is 0 Å². The van der Waals surface area contributed by atoms with Crippen molar-refractivity contribution in [1.29, 1.82) is 0 Å². The van der Waals surface area contributed by atoms with Crippen molar-refractivity contribution in [3.8, 4) is 11.5 Å². The Kier molecular flexibility index (Phi) is 2.93. The maximum Gasteiger partial charge on any atom is 0.169 e. The fraction of sp³-hybridized carbons (Fsp3) is 0. The van der Waals surface area contributed by atoms with Gasteiger partial charge in [-0.05, 0) is 23.6 Å². The highest BCUT2D eigenvalue weighted by atomic mass is 35.5. The molecule has 0 unspecified atom stereocenters. The molecule has 1 heterocycles. The van der Waals surface area contributed by atoms with Crippen LogP contribution < -0.4 is 10.1 Å². The van der Waals surface area contributed by atoms with E-state index >= 15 is 0 Å². The number of anilines is 2. The van der Waals surface area contributed by atoms with E-state index in [1.807, 2.05) is 30.3 Å². The molecule has 4 rings (SSSR count). The van der Waals surface area contributed by atoms with Crippen LogP contribution in [-0.2, 0) is 0 Å². The molecule has 0 bridgehead atoms. The van der Waals surface area contributed by atoms with Crippen LogP contribution in [0.4, 0.5) is 11.4 Å². The summed E-state index contributed by atoms with van der Waals surface area (Å²) < 4.78 is 5.91. The molecule has 5 heteroatoms. The Bertz CT molecular complexity index is 892. The van der Waals surface area contributed by atoms with E-state index in [-0.39, 0.29) is 0 Å². The lowest BCUT2D eigenvalue weighted by molar-refractivity contribution is 0.482. The van der Waals surface area contributed by atoms with Crippen molar-refractivity contribution in [3.05, 3.63) is 57.5 Å². The Balaban J connectivity index is 1.97. The molecule has 0 saturated carbocycles. The van der Waals surface area contributed by atoms with E-state index in [0.29, 0.717) is 32.3 Å². The Hall–Kier alpha value is -1.61. The van der Waals surface area contributed by atoms with E-state index in [1.165, 1.54) is 0 Å². The minimum Gasteiger partial charge on any atom is -0.451 e. The van der Waals surface area contributed by atoms with Crippen LogP contribution in [0.1, 0.15) is 0 Å². The van der Waals surface area contributed by atoms with Crippen LogP contribution in [0.3, 0.4) is 0 Å². The third-order valence-electron chi connectivity index (χ3n) is 3.43. The van der Waals surface area contributed by atoms with Gasteiger partial charge in [0.1, 0.15) is 5.69 Å². The van der Waals surface area contributed by atoms with Gasteiger partial charge in [-0.3, -0.25) is 0 Å². The monoisotopic (exact) mass is 335 g/mol. The van der Waals surface area contributed by atoms with E-state index < -0.39 is 0 Å². The van der Waals surface area contributed by atoms with Gasteiger partial charge in [0.25, 0.3) is 0 Å². The molecule has 2 nitrogen and oxygen atoms in total. The number of hydrogen-bond acceptors (Lipinski definition) is 2. The van der Waals surface area contributed by atoms with Crippen molar-refractivity contribution in [1.82, 2.24) is 0 Å². The SMILES string of the molecule is Clc1cc(Cl)c2c(c1)Nc1c(cc3ccccc3c1Cl)O2. The van der Waals surface area contributed by atoms with Gasteiger partial charge in [0.05, 0.1) is 15.7 Å². The average molecular weight is 337 g/mol. The summed E-state index contributed by atoms with van der Waals surface area (Å²) in [4.78, 5) is 0. The van der Waals surface area contributed by atoms with Crippen molar-refractivity contribution in [2.24, 2.45) is 0 Å². The zero-order valence-electron chi connectivity index (χ0n) is 10.6. The van der Waals surface area contributed by atoms with Crippen LogP contribution in [0.15, 0.2) is 42.5 Å². The minimum absolute atomic E-state index is 0.458. The van der Waals surface area contributed by atoms with Gasteiger partial charge in [0.2, 0.25) is 0 Å². The summed E-state index contributed by atoms with van der Waals surface area (Å²) in [7, 11) is 0. The lowest BCUT2D eigenvalue weighted by atomic mass is 10.1. The number of ether oxygens (including phenoxy) is 1. The first-order valence-corrected chi connectivity index (χ1v) is 7.42. The molecule has 0 atom stereocenters. The Morgan fingerprint density at radius 3 is 2.62 bits per heavy atom. The number of hydrogen-bond donors (Lipinski definition) is 1. The summed E-state index contributed by atoms with van der Waals surface area (Å²) in [6.07, 6.45) is 0. The number of fused-ring (bicyclic) bond motifs is 3. The molecule has 3 aromatic carbocycles. The topological polar surface area (TPSA) is 21.3 Å². The lowest BCUT2D eigenvalue weighted by Crippen LogP contribution is -2.04. The second-order valence-electron chi connectivity index (χ2n) is 4.78. The molecule has 0 fully saturated rings. The molecule has 0 aromatic heterocycles. The fourth-order valence-corrected chi connectivity index (χ4v) is 3.32. The van der Waals surface area contributed by atoms with Gasteiger partial charge >= 0.3 is 0 Å². The molecule has 21 heavy (non-hydrogen) atoms. The van der Waals surface area contributed by atoms with E-state index in [9.17, 15) is 0 Å². The molecule has 104 valence electrons. The first-order chi connectivity index (χ1) is 10.1. The van der Waals surface area contributed by atoms with E-state index in [1.54, 1.807) is 12.1 Å². The van der Waals surface area contributed by atoms with Gasteiger partial charge in [-0.15, -0.1) is 0 Å². The molecule has 1 aliphatic rings. The largest absolute Gasteiger partial charge is 0.451 e. The summed E-state index contributed by atoms with van der Waals surface area (Å²) in [5.74, 6) is 1.20. The van der Waals surface area contributed by atoms with E-state index in [4.69, 9.17) is 39.5 Å². The Labute approximate surface area is 136 Å². The highest BCUT2D eigenvalue weighted by Gasteiger charge is 2.23.